The van der Waals surface area contributed by atoms with Crippen molar-refractivity contribution in [1.82, 2.24) is 0 Å². The normalized spacial score (nSPS) is 11.3. The second-order valence-electron chi connectivity index (χ2n) is 3.83. The molecule has 0 amide bonds. The van der Waals surface area contributed by atoms with E-state index in [1.54, 1.807) is 31.2 Å². The summed E-state index contributed by atoms with van der Waals surface area (Å²) in [6.07, 6.45) is -0.848. The van der Waals surface area contributed by atoms with Gasteiger partial charge >= 0.3 is 6.16 Å². The van der Waals surface area contributed by atoms with Crippen LogP contribution in [-0.4, -0.2) is 21.2 Å². The number of ether oxygens (including phenoxy) is 2. The second kappa shape index (κ2) is 5.68. The van der Waals surface area contributed by atoms with Gasteiger partial charge in [-0.25, -0.2) is 13.2 Å². The molecule has 0 heterocycles. The lowest BCUT2D eigenvalue weighted by Gasteiger charge is -2.09. The molecule has 0 radical (unpaired) electrons. The maximum Gasteiger partial charge on any atom is 0.513 e. The summed E-state index contributed by atoms with van der Waals surface area (Å²) in [5.74, 6) is 0.211. The van der Waals surface area contributed by atoms with Gasteiger partial charge in [0.15, 0.2) is 0 Å². The lowest BCUT2D eigenvalue weighted by Crippen LogP contribution is -2.10. The topological polar surface area (TPSA) is 69.7 Å². The van der Waals surface area contributed by atoms with Gasteiger partial charge < -0.3 is 9.47 Å². The molecule has 2 aromatic rings. The molecule has 0 aromatic heterocycles. The quantitative estimate of drug-likeness (QED) is 0.494. The summed E-state index contributed by atoms with van der Waals surface area (Å²) in [5, 5.41) is 0.839. The number of carbonyl (C=O) groups excluding carboxylic acids is 1. The smallest absolute Gasteiger partial charge is 0.434 e. The van der Waals surface area contributed by atoms with Gasteiger partial charge in [-0.05, 0) is 19.1 Å². The van der Waals surface area contributed by atoms with Crippen molar-refractivity contribution in [3.63, 3.8) is 0 Å². The first-order valence-electron chi connectivity index (χ1n) is 5.74. The fourth-order valence-electron chi connectivity index (χ4n) is 1.79. The van der Waals surface area contributed by atoms with E-state index in [2.05, 4.69) is 4.74 Å². The first-order valence-corrected chi connectivity index (χ1v) is 8.05. The van der Waals surface area contributed by atoms with E-state index in [9.17, 15) is 13.2 Å². The number of hydrogen-bond donors (Lipinski definition) is 0. The minimum Gasteiger partial charge on any atom is -0.434 e. The van der Waals surface area contributed by atoms with Crippen LogP contribution in [0.4, 0.5) is 4.79 Å². The Hall–Kier alpha value is -1.79. The Morgan fingerprint density at radius 3 is 2.45 bits per heavy atom. The highest BCUT2D eigenvalue weighted by atomic mass is 35.7. The van der Waals surface area contributed by atoms with Crippen molar-refractivity contribution in [2.75, 3.05) is 6.61 Å². The van der Waals surface area contributed by atoms with Gasteiger partial charge in [-0.15, -0.1) is 0 Å². The molecular formula is C13H11ClO5S. The highest BCUT2D eigenvalue weighted by Gasteiger charge is 2.16. The molecule has 106 valence electrons. The molecule has 0 atom stereocenters. The molecule has 0 bridgehead atoms. The van der Waals surface area contributed by atoms with Crippen LogP contribution in [0.25, 0.3) is 10.8 Å². The zero-order chi connectivity index (χ0) is 14.8. The van der Waals surface area contributed by atoms with Gasteiger partial charge in [0.25, 0.3) is 9.05 Å². The first kappa shape index (κ1) is 14.6. The third kappa shape index (κ3) is 3.02. The Morgan fingerprint density at radius 1 is 1.15 bits per heavy atom. The third-order valence-corrected chi connectivity index (χ3v) is 3.94. The van der Waals surface area contributed by atoms with Crippen LogP contribution in [0.5, 0.6) is 5.75 Å². The molecule has 0 aliphatic heterocycles. The van der Waals surface area contributed by atoms with Crippen molar-refractivity contribution in [1.29, 1.82) is 0 Å². The molecule has 0 unspecified atom stereocenters. The van der Waals surface area contributed by atoms with Gasteiger partial charge in [-0.2, -0.15) is 0 Å². The Bertz CT molecular complexity index is 754. The van der Waals surface area contributed by atoms with E-state index in [0.29, 0.717) is 10.8 Å². The van der Waals surface area contributed by atoms with Gasteiger partial charge in [-0.1, -0.05) is 24.3 Å². The monoisotopic (exact) mass is 314 g/mol. The van der Waals surface area contributed by atoms with E-state index in [1.165, 1.54) is 12.1 Å². The highest BCUT2D eigenvalue weighted by Crippen LogP contribution is 2.31. The van der Waals surface area contributed by atoms with E-state index in [4.69, 9.17) is 15.4 Å². The zero-order valence-corrected chi connectivity index (χ0v) is 12.1. The van der Waals surface area contributed by atoms with Crippen molar-refractivity contribution >= 4 is 36.7 Å². The van der Waals surface area contributed by atoms with Crippen LogP contribution in [0.1, 0.15) is 6.92 Å². The van der Waals surface area contributed by atoms with Crippen LogP contribution < -0.4 is 4.74 Å². The number of halogens is 1. The number of fused-ring (bicyclic) bond motifs is 1. The van der Waals surface area contributed by atoms with Crippen molar-refractivity contribution < 1.29 is 22.7 Å². The molecule has 0 saturated carbocycles. The molecule has 0 fully saturated rings. The van der Waals surface area contributed by atoms with Crippen molar-refractivity contribution in [2.24, 2.45) is 0 Å². The Kier molecular flexibility index (Phi) is 4.15. The fourth-order valence-corrected chi connectivity index (χ4v) is 2.88. The van der Waals surface area contributed by atoms with Gasteiger partial charge in [0.2, 0.25) is 0 Å². The van der Waals surface area contributed by atoms with E-state index in [-0.39, 0.29) is 17.3 Å². The molecule has 0 aliphatic rings. The standard InChI is InChI=1S/C13H11ClO5S/c1-2-18-13(15)19-11-7-3-6-10-9(11)5-4-8-12(10)20(14,16)17/h3-8H,2H2,1H3. The number of hydrogen-bond acceptors (Lipinski definition) is 5. The molecule has 2 aromatic carbocycles. The minimum atomic E-state index is -3.88. The average molecular weight is 315 g/mol. The number of carbonyl (C=O) groups is 1. The van der Waals surface area contributed by atoms with Gasteiger partial charge in [-0.3, -0.25) is 0 Å². The molecule has 0 spiro atoms. The molecule has 7 heteroatoms. The van der Waals surface area contributed by atoms with Gasteiger partial charge in [0.1, 0.15) is 5.75 Å². The lowest BCUT2D eigenvalue weighted by atomic mass is 10.1. The van der Waals surface area contributed by atoms with Crippen LogP contribution in [0, 0.1) is 0 Å². The summed E-state index contributed by atoms with van der Waals surface area (Å²) in [7, 11) is 1.50. The first-order chi connectivity index (χ1) is 9.43. The highest BCUT2D eigenvalue weighted by molar-refractivity contribution is 8.14. The number of rotatable bonds is 3. The Labute approximate surface area is 120 Å². The number of benzene rings is 2. The summed E-state index contributed by atoms with van der Waals surface area (Å²) in [6, 6.07) is 9.25. The minimum absolute atomic E-state index is 0.0361. The van der Waals surface area contributed by atoms with Crippen LogP contribution >= 0.6 is 10.7 Å². The fraction of sp³-hybridized carbons (Fsp3) is 0.154. The van der Waals surface area contributed by atoms with Crippen molar-refractivity contribution in [3.05, 3.63) is 36.4 Å². The van der Waals surface area contributed by atoms with Crippen LogP contribution in [0.15, 0.2) is 41.3 Å². The van der Waals surface area contributed by atoms with Crippen LogP contribution in [-0.2, 0) is 13.8 Å². The van der Waals surface area contributed by atoms with Gasteiger partial charge in [0.05, 0.1) is 11.5 Å². The third-order valence-electron chi connectivity index (χ3n) is 2.56. The summed E-state index contributed by atoms with van der Waals surface area (Å²) in [4.78, 5) is 11.3. The van der Waals surface area contributed by atoms with E-state index < -0.39 is 15.2 Å². The predicted octanol–water partition coefficient (Wildman–Crippen LogP) is 3.30. The Balaban J connectivity index is 2.57. The van der Waals surface area contributed by atoms with Crippen LogP contribution in [0.3, 0.4) is 0 Å². The SMILES string of the molecule is CCOC(=O)Oc1cccc2c(S(=O)(=O)Cl)cccc12. The average Bonchev–Trinajstić information content (AvgIpc) is 2.37. The molecule has 2 rings (SSSR count). The second-order valence-corrected chi connectivity index (χ2v) is 6.36. The maximum absolute atomic E-state index is 11.5. The molecule has 0 aliphatic carbocycles. The Morgan fingerprint density at radius 2 is 1.80 bits per heavy atom. The summed E-state index contributed by atoms with van der Waals surface area (Å²) in [6.45, 7) is 1.84. The van der Waals surface area contributed by atoms with Crippen molar-refractivity contribution in [3.8, 4) is 5.75 Å². The largest absolute Gasteiger partial charge is 0.513 e. The summed E-state index contributed by atoms with van der Waals surface area (Å²) >= 11 is 0. The summed E-state index contributed by atoms with van der Waals surface area (Å²) < 4.78 is 32.8. The molecule has 0 N–H and O–H groups in total. The van der Waals surface area contributed by atoms with E-state index in [1.807, 2.05) is 0 Å². The van der Waals surface area contributed by atoms with Crippen molar-refractivity contribution in [2.45, 2.75) is 11.8 Å². The van der Waals surface area contributed by atoms with E-state index >= 15 is 0 Å². The molecule has 20 heavy (non-hydrogen) atoms. The molecule has 5 nitrogen and oxygen atoms in total. The summed E-state index contributed by atoms with van der Waals surface area (Å²) in [5.41, 5.74) is 0. The van der Waals surface area contributed by atoms with Crippen LogP contribution in [0.2, 0.25) is 0 Å². The van der Waals surface area contributed by atoms with E-state index in [0.717, 1.165) is 0 Å². The zero-order valence-electron chi connectivity index (χ0n) is 10.5. The molecule has 0 saturated heterocycles. The predicted molar refractivity (Wildman–Crippen MR) is 74.6 cm³/mol. The lowest BCUT2D eigenvalue weighted by molar-refractivity contribution is 0.105. The molecular weight excluding hydrogens is 304 g/mol. The maximum atomic E-state index is 11.5. The van der Waals surface area contributed by atoms with Gasteiger partial charge in [0, 0.05) is 21.5 Å².